The number of carbonyl (C=O) groups is 3. The molecule has 12 nitrogen and oxygen atoms in total. The number of rotatable bonds is 8. The molecular formula is C34H45F3N4O8. The molecule has 270 valence electrons. The summed E-state index contributed by atoms with van der Waals surface area (Å²) in [6.45, 7) is 5.91. The Morgan fingerprint density at radius 2 is 1.73 bits per heavy atom. The van der Waals surface area contributed by atoms with E-state index in [0.29, 0.717) is 30.2 Å². The molecule has 2 heterocycles. The molecule has 0 aliphatic carbocycles. The highest BCUT2D eigenvalue weighted by Gasteiger charge is 2.32. The van der Waals surface area contributed by atoms with Crippen molar-refractivity contribution in [2.45, 2.75) is 77.3 Å². The first-order valence-corrected chi connectivity index (χ1v) is 16.4. The Kier molecular flexibility index (Phi) is 13.0. The summed E-state index contributed by atoms with van der Waals surface area (Å²) >= 11 is 0. The predicted octanol–water partition coefficient (Wildman–Crippen LogP) is 5.66. The molecule has 0 spiro atoms. The minimum Gasteiger partial charge on any atom is -0.490 e. The second-order valence-corrected chi connectivity index (χ2v) is 12.6. The smallest absolute Gasteiger partial charge is 0.389 e. The van der Waals surface area contributed by atoms with Gasteiger partial charge in [-0.1, -0.05) is 6.92 Å². The summed E-state index contributed by atoms with van der Waals surface area (Å²) in [7, 11) is 1.64. The van der Waals surface area contributed by atoms with Gasteiger partial charge in [0.2, 0.25) is 12.7 Å². The highest BCUT2D eigenvalue weighted by Crippen LogP contribution is 2.34. The van der Waals surface area contributed by atoms with E-state index in [9.17, 15) is 32.7 Å². The number of hydrogen-bond acceptors (Lipinski definition) is 8. The molecule has 2 aliphatic heterocycles. The maximum atomic E-state index is 14.2. The summed E-state index contributed by atoms with van der Waals surface area (Å²) in [6.07, 6.45) is -5.21. The van der Waals surface area contributed by atoms with E-state index in [1.807, 2.05) is 13.8 Å². The lowest BCUT2D eigenvalue weighted by Gasteiger charge is -2.35. The van der Waals surface area contributed by atoms with Crippen LogP contribution >= 0.6 is 0 Å². The standard InChI is InChI=1S/C34H45F3N4O8/c1-21-17-41(22(2)19-42)32(44)26-15-24(38-31(43)12-13-34(35,36)37)8-10-27(26)49-23(3)7-5-6-14-46-30(21)18-40(4)33(45)39-25-9-11-28-29(16-25)48-20-47-28/h8-11,15-16,21-23,30,42H,5-7,12-14,17-20H2,1-4H3,(H,38,43)(H,39,45)/t21-,22+,23-,30-/m1/s1. The number of halogens is 3. The monoisotopic (exact) mass is 694 g/mol. The summed E-state index contributed by atoms with van der Waals surface area (Å²) in [5, 5.41) is 15.4. The van der Waals surface area contributed by atoms with Crippen LogP contribution in [-0.2, 0) is 9.53 Å². The molecule has 0 aromatic heterocycles. The van der Waals surface area contributed by atoms with E-state index in [1.165, 1.54) is 28.0 Å². The van der Waals surface area contributed by atoms with Gasteiger partial charge in [-0.3, -0.25) is 9.59 Å². The first-order valence-electron chi connectivity index (χ1n) is 16.4. The minimum atomic E-state index is -4.49. The van der Waals surface area contributed by atoms with Crippen molar-refractivity contribution in [2.24, 2.45) is 5.92 Å². The van der Waals surface area contributed by atoms with Gasteiger partial charge in [0.1, 0.15) is 5.75 Å². The molecule has 2 aliphatic rings. The average molecular weight is 695 g/mol. The fourth-order valence-corrected chi connectivity index (χ4v) is 5.49. The van der Waals surface area contributed by atoms with Crippen molar-refractivity contribution in [3.05, 3.63) is 42.0 Å². The largest absolute Gasteiger partial charge is 0.490 e. The zero-order valence-corrected chi connectivity index (χ0v) is 28.2. The average Bonchev–Trinajstić information content (AvgIpc) is 3.52. The number of benzene rings is 2. The third kappa shape index (κ3) is 10.9. The fraction of sp³-hybridized carbons (Fsp3) is 0.559. The van der Waals surface area contributed by atoms with Gasteiger partial charge in [0, 0.05) is 56.5 Å². The van der Waals surface area contributed by atoms with Crippen LogP contribution in [0.5, 0.6) is 17.2 Å². The van der Waals surface area contributed by atoms with Crippen LogP contribution < -0.4 is 24.8 Å². The molecule has 4 atom stereocenters. The predicted molar refractivity (Wildman–Crippen MR) is 175 cm³/mol. The van der Waals surface area contributed by atoms with Crippen molar-refractivity contribution in [1.29, 1.82) is 0 Å². The Hall–Kier alpha value is -4.24. The van der Waals surface area contributed by atoms with E-state index in [-0.39, 0.29) is 61.5 Å². The van der Waals surface area contributed by atoms with Crippen molar-refractivity contribution in [1.82, 2.24) is 9.80 Å². The highest BCUT2D eigenvalue weighted by atomic mass is 19.4. The van der Waals surface area contributed by atoms with E-state index in [2.05, 4.69) is 10.6 Å². The molecule has 0 unspecified atom stereocenters. The van der Waals surface area contributed by atoms with Gasteiger partial charge in [-0.05, 0) is 63.4 Å². The molecule has 2 aromatic rings. The number of carbonyl (C=O) groups excluding carboxylic acids is 3. The Morgan fingerprint density at radius 1 is 1.04 bits per heavy atom. The van der Waals surface area contributed by atoms with Gasteiger partial charge in [0.05, 0.1) is 36.8 Å². The molecule has 4 rings (SSSR count). The second kappa shape index (κ2) is 16.9. The van der Waals surface area contributed by atoms with Crippen LogP contribution in [0.3, 0.4) is 0 Å². The summed E-state index contributed by atoms with van der Waals surface area (Å²) < 4.78 is 61.2. The number of nitrogens with one attached hydrogen (secondary N) is 2. The van der Waals surface area contributed by atoms with Gasteiger partial charge in [-0.25, -0.2) is 4.79 Å². The molecule has 2 aromatic carbocycles. The zero-order chi connectivity index (χ0) is 35.7. The van der Waals surface area contributed by atoms with E-state index < -0.39 is 43.0 Å². The topological polar surface area (TPSA) is 139 Å². The molecule has 49 heavy (non-hydrogen) atoms. The number of urea groups is 1. The first kappa shape index (κ1) is 37.6. The Morgan fingerprint density at radius 3 is 2.45 bits per heavy atom. The summed E-state index contributed by atoms with van der Waals surface area (Å²) in [6, 6.07) is 8.44. The third-order valence-corrected chi connectivity index (χ3v) is 8.40. The van der Waals surface area contributed by atoms with Gasteiger partial charge in [-0.15, -0.1) is 0 Å². The molecular weight excluding hydrogens is 649 g/mol. The molecule has 0 fully saturated rings. The van der Waals surface area contributed by atoms with Crippen molar-refractivity contribution < 1.29 is 51.6 Å². The van der Waals surface area contributed by atoms with Crippen LogP contribution in [0.1, 0.15) is 63.2 Å². The molecule has 0 saturated heterocycles. The lowest BCUT2D eigenvalue weighted by Crippen LogP contribution is -2.48. The number of ether oxygens (including phenoxy) is 4. The van der Waals surface area contributed by atoms with Crippen molar-refractivity contribution in [3.8, 4) is 17.2 Å². The molecule has 0 radical (unpaired) electrons. The van der Waals surface area contributed by atoms with E-state index in [1.54, 1.807) is 32.2 Å². The van der Waals surface area contributed by atoms with Crippen LogP contribution in [0.15, 0.2) is 36.4 Å². The first-order chi connectivity index (χ1) is 23.2. The van der Waals surface area contributed by atoms with Crippen molar-refractivity contribution in [2.75, 3.05) is 50.8 Å². The number of hydrogen-bond donors (Lipinski definition) is 3. The van der Waals surface area contributed by atoms with E-state index in [0.717, 1.165) is 12.8 Å². The van der Waals surface area contributed by atoms with Crippen LogP contribution in [0.2, 0.25) is 0 Å². The van der Waals surface area contributed by atoms with Crippen molar-refractivity contribution >= 4 is 29.2 Å². The quantitative estimate of drug-likeness (QED) is 0.322. The molecule has 3 N–H and O–H groups in total. The second-order valence-electron chi connectivity index (χ2n) is 12.6. The minimum absolute atomic E-state index is 0.0859. The Labute approximate surface area is 283 Å². The number of amides is 4. The number of alkyl halides is 3. The van der Waals surface area contributed by atoms with Gasteiger partial charge in [0.25, 0.3) is 5.91 Å². The fourth-order valence-electron chi connectivity index (χ4n) is 5.49. The third-order valence-electron chi connectivity index (χ3n) is 8.40. The van der Waals surface area contributed by atoms with Crippen LogP contribution in [0.4, 0.5) is 29.3 Å². The number of fused-ring (bicyclic) bond motifs is 2. The van der Waals surface area contributed by atoms with Gasteiger partial charge >= 0.3 is 12.2 Å². The van der Waals surface area contributed by atoms with E-state index >= 15 is 0 Å². The summed E-state index contributed by atoms with van der Waals surface area (Å²) in [5.41, 5.74) is 0.751. The van der Waals surface area contributed by atoms with Crippen LogP contribution in [0.25, 0.3) is 0 Å². The Balaban J connectivity index is 1.55. The SMILES string of the molecule is C[C@@H]1CCCCO[C@H](CN(C)C(=O)Nc2ccc3c(c2)OCO3)[C@H](C)CN([C@@H](C)CO)C(=O)c2cc(NC(=O)CCC(F)(F)F)ccc2O1. The number of anilines is 2. The zero-order valence-electron chi connectivity index (χ0n) is 28.2. The summed E-state index contributed by atoms with van der Waals surface area (Å²) in [4.78, 5) is 42.7. The van der Waals surface area contributed by atoms with Gasteiger partial charge in [0.15, 0.2) is 11.5 Å². The highest BCUT2D eigenvalue weighted by molar-refractivity contribution is 5.99. The molecule has 0 saturated carbocycles. The van der Waals surface area contributed by atoms with Crippen LogP contribution in [0, 0.1) is 5.92 Å². The molecule has 15 heteroatoms. The van der Waals surface area contributed by atoms with Gasteiger partial charge in [-0.2, -0.15) is 13.2 Å². The summed E-state index contributed by atoms with van der Waals surface area (Å²) in [5.74, 6) is -0.306. The molecule has 4 amide bonds. The molecule has 0 bridgehead atoms. The number of nitrogens with zero attached hydrogens (tertiary/aromatic N) is 2. The van der Waals surface area contributed by atoms with Crippen LogP contribution in [-0.4, -0.2) is 97.3 Å². The number of likely N-dealkylation sites (N-methyl/N-ethyl adjacent to an activating group) is 1. The number of aliphatic hydroxyl groups is 1. The van der Waals surface area contributed by atoms with E-state index in [4.69, 9.17) is 18.9 Å². The van der Waals surface area contributed by atoms with Gasteiger partial charge < -0.3 is 44.5 Å². The lowest BCUT2D eigenvalue weighted by atomic mass is 10.0. The maximum Gasteiger partial charge on any atom is 0.389 e. The lowest BCUT2D eigenvalue weighted by molar-refractivity contribution is -0.142. The normalized spacial score (nSPS) is 20.8. The van der Waals surface area contributed by atoms with Crippen molar-refractivity contribution in [3.63, 3.8) is 0 Å². The maximum absolute atomic E-state index is 14.2. The Bertz CT molecular complexity index is 1460. The number of aliphatic hydroxyl groups excluding tert-OH is 1.